The van der Waals surface area contributed by atoms with Crippen molar-refractivity contribution in [2.45, 2.75) is 4.90 Å². The summed E-state index contributed by atoms with van der Waals surface area (Å²) in [6, 6.07) is 9.04. The largest absolute Gasteiger partial charge is 0.500 e. The van der Waals surface area contributed by atoms with E-state index in [0.717, 1.165) is 0 Å². The molecule has 84 valence electrons. The number of benzene rings is 1. The normalized spacial score (nSPS) is 12.7. The van der Waals surface area contributed by atoms with Crippen LogP contribution in [-0.4, -0.2) is 17.1 Å². The molecule has 5 nitrogen and oxygen atoms in total. The van der Waals surface area contributed by atoms with Crippen LogP contribution < -0.4 is 0 Å². The van der Waals surface area contributed by atoms with Crippen molar-refractivity contribution in [3.63, 3.8) is 0 Å². The van der Waals surface area contributed by atoms with Crippen molar-refractivity contribution in [3.05, 3.63) is 52.7 Å². The van der Waals surface area contributed by atoms with Gasteiger partial charge in [0, 0.05) is 16.0 Å². The molecule has 1 unspecified atom stereocenters. The summed E-state index contributed by atoms with van der Waals surface area (Å²) in [4.78, 5) is 3.29. The fraction of sp³-hybridized carbons (Fsp3) is 0.200. The van der Waals surface area contributed by atoms with E-state index in [-0.39, 0.29) is 5.75 Å². The molecule has 0 N–H and O–H groups in total. The Hall–Kier alpha value is -1.78. The number of nitrogens with zero attached hydrogens (tertiary/aromatic N) is 3. The average Bonchev–Trinajstić information content (AvgIpc) is 2.35. The Morgan fingerprint density at radius 1 is 1.56 bits per heavy atom. The van der Waals surface area contributed by atoms with Crippen LogP contribution in [0.4, 0.5) is 0 Å². The Morgan fingerprint density at radius 3 is 2.81 bits per heavy atom. The predicted molar refractivity (Wildman–Crippen MR) is 62.0 cm³/mol. The van der Waals surface area contributed by atoms with E-state index < -0.39 is 10.8 Å². The molecule has 1 aromatic carbocycles. The van der Waals surface area contributed by atoms with E-state index in [1.807, 2.05) is 18.2 Å². The Bertz CT molecular complexity index is 439. The van der Waals surface area contributed by atoms with Gasteiger partial charge in [0.15, 0.2) is 0 Å². The van der Waals surface area contributed by atoms with Gasteiger partial charge in [-0.3, -0.25) is 4.21 Å². The standard InChI is InChI=1S/C10H11N3O2S/c1-15-9(7-12-13-11)8-16(14)10-5-3-2-4-6-10/h2-7H,8H2,1H3/b9-7-. The van der Waals surface area contributed by atoms with E-state index in [2.05, 4.69) is 10.0 Å². The fourth-order valence-corrected chi connectivity index (χ4v) is 2.10. The van der Waals surface area contributed by atoms with E-state index >= 15 is 0 Å². The van der Waals surface area contributed by atoms with Gasteiger partial charge in [0.05, 0.1) is 23.7 Å². The van der Waals surface area contributed by atoms with E-state index in [4.69, 9.17) is 10.3 Å². The van der Waals surface area contributed by atoms with E-state index in [0.29, 0.717) is 10.7 Å². The molecular formula is C10H11N3O2S. The highest BCUT2D eigenvalue weighted by Crippen LogP contribution is 2.09. The van der Waals surface area contributed by atoms with Crippen LogP contribution in [0.2, 0.25) is 0 Å². The molecule has 0 radical (unpaired) electrons. The second-order valence-corrected chi connectivity index (χ2v) is 4.26. The van der Waals surface area contributed by atoms with Crippen molar-refractivity contribution in [2.24, 2.45) is 5.11 Å². The average molecular weight is 237 g/mol. The molecule has 0 spiro atoms. The van der Waals surface area contributed by atoms with Crippen molar-refractivity contribution >= 4 is 10.8 Å². The summed E-state index contributed by atoms with van der Waals surface area (Å²) >= 11 is 0. The molecule has 0 aromatic heterocycles. The summed E-state index contributed by atoms with van der Waals surface area (Å²) in [7, 11) is 0.252. The van der Waals surface area contributed by atoms with Gasteiger partial charge in [-0.15, -0.1) is 0 Å². The first kappa shape index (κ1) is 12.3. The Morgan fingerprint density at radius 2 is 2.25 bits per heavy atom. The molecule has 0 bridgehead atoms. The van der Waals surface area contributed by atoms with Gasteiger partial charge in [0.2, 0.25) is 0 Å². The number of ether oxygens (including phenoxy) is 1. The van der Waals surface area contributed by atoms with Gasteiger partial charge >= 0.3 is 0 Å². The highest BCUT2D eigenvalue weighted by Gasteiger charge is 2.06. The first-order valence-corrected chi connectivity index (χ1v) is 5.80. The zero-order valence-electron chi connectivity index (χ0n) is 8.74. The molecule has 0 saturated carbocycles. The second kappa shape index (κ2) is 6.66. The van der Waals surface area contributed by atoms with Crippen LogP contribution in [0, 0.1) is 0 Å². The van der Waals surface area contributed by atoms with Gasteiger partial charge in [-0.25, -0.2) is 0 Å². The molecule has 1 rings (SSSR count). The van der Waals surface area contributed by atoms with Crippen molar-refractivity contribution in [1.29, 1.82) is 0 Å². The molecule has 0 amide bonds. The minimum absolute atomic E-state index is 0.194. The van der Waals surface area contributed by atoms with Gasteiger partial charge in [-0.2, -0.15) is 0 Å². The van der Waals surface area contributed by atoms with Gasteiger partial charge in [0.25, 0.3) is 0 Å². The lowest BCUT2D eigenvalue weighted by Crippen LogP contribution is -2.02. The third-order valence-corrected chi connectivity index (χ3v) is 3.14. The van der Waals surface area contributed by atoms with Gasteiger partial charge in [0.1, 0.15) is 5.76 Å². The number of methoxy groups -OCH3 is 1. The maximum Gasteiger partial charge on any atom is 0.111 e. The van der Waals surface area contributed by atoms with Crippen LogP contribution in [0.25, 0.3) is 10.4 Å². The van der Waals surface area contributed by atoms with Crippen LogP contribution in [0.3, 0.4) is 0 Å². The summed E-state index contributed by atoms with van der Waals surface area (Å²) in [5.41, 5.74) is 8.14. The summed E-state index contributed by atoms with van der Waals surface area (Å²) in [5, 5.41) is 3.25. The van der Waals surface area contributed by atoms with E-state index in [1.54, 1.807) is 12.1 Å². The van der Waals surface area contributed by atoms with Gasteiger partial charge in [-0.05, 0) is 17.7 Å². The molecule has 16 heavy (non-hydrogen) atoms. The molecule has 0 aliphatic carbocycles. The lowest BCUT2D eigenvalue weighted by atomic mass is 10.4. The molecule has 0 fully saturated rings. The number of azide groups is 1. The van der Waals surface area contributed by atoms with Crippen molar-refractivity contribution in [2.75, 3.05) is 12.9 Å². The Balaban J connectivity index is 2.74. The summed E-state index contributed by atoms with van der Waals surface area (Å²) in [6.07, 6.45) is 1.22. The highest BCUT2D eigenvalue weighted by atomic mass is 32.2. The predicted octanol–water partition coefficient (Wildman–Crippen LogP) is 2.59. The molecule has 0 aliphatic rings. The smallest absolute Gasteiger partial charge is 0.111 e. The van der Waals surface area contributed by atoms with Gasteiger partial charge < -0.3 is 4.74 Å². The van der Waals surface area contributed by atoms with Crippen molar-refractivity contribution in [3.8, 4) is 0 Å². The van der Waals surface area contributed by atoms with Crippen LogP contribution in [0.5, 0.6) is 0 Å². The highest BCUT2D eigenvalue weighted by molar-refractivity contribution is 7.85. The Labute approximate surface area is 95.8 Å². The summed E-state index contributed by atoms with van der Waals surface area (Å²) < 4.78 is 16.8. The zero-order valence-corrected chi connectivity index (χ0v) is 9.55. The van der Waals surface area contributed by atoms with Gasteiger partial charge in [-0.1, -0.05) is 23.3 Å². The van der Waals surface area contributed by atoms with Crippen molar-refractivity contribution < 1.29 is 8.95 Å². The lowest BCUT2D eigenvalue weighted by molar-refractivity contribution is 0.294. The molecule has 0 heterocycles. The van der Waals surface area contributed by atoms with Crippen LogP contribution in [-0.2, 0) is 15.5 Å². The van der Waals surface area contributed by atoms with E-state index in [1.165, 1.54) is 13.3 Å². The molecule has 6 heteroatoms. The third-order valence-electron chi connectivity index (χ3n) is 1.80. The summed E-state index contributed by atoms with van der Waals surface area (Å²) in [6.45, 7) is 0. The summed E-state index contributed by atoms with van der Waals surface area (Å²) in [5.74, 6) is 0.583. The third kappa shape index (κ3) is 3.76. The lowest BCUT2D eigenvalue weighted by Gasteiger charge is -2.04. The van der Waals surface area contributed by atoms with Crippen molar-refractivity contribution in [1.82, 2.24) is 0 Å². The quantitative estimate of drug-likeness (QED) is 0.341. The molecule has 0 aliphatic heterocycles. The maximum atomic E-state index is 11.8. The first-order valence-electron chi connectivity index (χ1n) is 4.48. The topological polar surface area (TPSA) is 75.1 Å². The molecular weight excluding hydrogens is 226 g/mol. The molecule has 1 atom stereocenters. The first-order chi connectivity index (χ1) is 7.77. The maximum absolute atomic E-state index is 11.8. The fourth-order valence-electron chi connectivity index (χ4n) is 1.02. The zero-order chi connectivity index (χ0) is 11.8. The minimum atomic E-state index is -1.19. The van der Waals surface area contributed by atoms with Crippen LogP contribution >= 0.6 is 0 Å². The SMILES string of the molecule is CO/C(=C\N=[N+]=[N-])CS(=O)c1ccccc1. The molecule has 1 aromatic rings. The number of rotatable bonds is 5. The Kier molecular flexibility index (Phi) is 5.11. The van der Waals surface area contributed by atoms with E-state index in [9.17, 15) is 4.21 Å². The molecule has 0 saturated heterocycles. The van der Waals surface area contributed by atoms with Crippen LogP contribution in [0.15, 0.2) is 52.3 Å². The number of hydrogen-bond donors (Lipinski definition) is 0. The monoisotopic (exact) mass is 237 g/mol. The second-order valence-electron chi connectivity index (χ2n) is 2.81. The van der Waals surface area contributed by atoms with Crippen LogP contribution in [0.1, 0.15) is 0 Å². The number of hydrogen-bond acceptors (Lipinski definition) is 3. The minimum Gasteiger partial charge on any atom is -0.500 e.